The van der Waals surface area contributed by atoms with E-state index < -0.39 is 17.6 Å². The van der Waals surface area contributed by atoms with Gasteiger partial charge in [0.25, 0.3) is 5.91 Å². The molecule has 0 spiro atoms. The Morgan fingerprint density at radius 1 is 1.00 bits per heavy atom. The normalized spacial score (nSPS) is 13.1. The van der Waals surface area contributed by atoms with Crippen molar-refractivity contribution in [2.75, 3.05) is 67.3 Å². The molecular weight excluding hydrogens is 625 g/mol. The molecule has 0 atom stereocenters. The van der Waals surface area contributed by atoms with Crippen molar-refractivity contribution in [3.8, 4) is 0 Å². The Kier molecular flexibility index (Phi) is 12.4. The molecular formula is C34H39F3N8O3. The van der Waals surface area contributed by atoms with E-state index in [9.17, 15) is 22.8 Å². The van der Waals surface area contributed by atoms with E-state index in [1.54, 1.807) is 30.1 Å². The van der Waals surface area contributed by atoms with Gasteiger partial charge >= 0.3 is 6.18 Å². The zero-order valence-corrected chi connectivity index (χ0v) is 27.3. The van der Waals surface area contributed by atoms with Crippen LogP contribution < -0.4 is 20.9 Å². The lowest BCUT2D eigenvalue weighted by Gasteiger charge is -2.28. The summed E-state index contributed by atoms with van der Waals surface area (Å²) in [5.41, 5.74) is 4.20. The molecule has 4 aromatic rings. The van der Waals surface area contributed by atoms with Gasteiger partial charge in [-0.15, -0.1) is 0 Å². The van der Waals surface area contributed by atoms with E-state index in [1.807, 2.05) is 39.0 Å². The predicted octanol–water partition coefficient (Wildman–Crippen LogP) is 5.83. The number of nitrogens with zero attached hydrogens (tertiary/aromatic N) is 5. The van der Waals surface area contributed by atoms with E-state index >= 15 is 0 Å². The fourth-order valence-corrected chi connectivity index (χ4v) is 4.83. The van der Waals surface area contributed by atoms with Crippen LogP contribution >= 0.6 is 0 Å². The summed E-state index contributed by atoms with van der Waals surface area (Å²) in [6, 6.07) is 15.2. The molecule has 0 unspecified atom stereocenters. The van der Waals surface area contributed by atoms with Gasteiger partial charge in [0.1, 0.15) is 18.0 Å². The number of hydrogen-bond donors (Lipinski definition) is 3. The van der Waals surface area contributed by atoms with Crippen molar-refractivity contribution in [2.24, 2.45) is 0 Å². The Morgan fingerprint density at radius 2 is 1.77 bits per heavy atom. The molecule has 1 fully saturated rings. The Bertz CT molecular complexity index is 1700. The lowest BCUT2D eigenvalue weighted by atomic mass is 10.1. The zero-order chi connectivity index (χ0) is 34.7. The van der Waals surface area contributed by atoms with E-state index in [0.717, 1.165) is 79.7 Å². The van der Waals surface area contributed by atoms with Gasteiger partial charge in [-0.1, -0.05) is 12.1 Å². The maximum atomic E-state index is 12.7. The average molecular weight is 665 g/mol. The first-order chi connectivity index (χ1) is 23.0. The molecule has 1 aliphatic heterocycles. The molecule has 2 amide bonds. The molecule has 0 aliphatic carbocycles. The SMILES string of the molecule is CNc1cc(NC(=O)c2cccc(C(F)(F)F)c2)ccc1C.Cc1ccc(Nc2cc(N(C=O)CCN3CCOCC3)ncn2)c(C)n1. The fourth-order valence-electron chi connectivity index (χ4n) is 4.83. The van der Waals surface area contributed by atoms with Gasteiger partial charge in [-0.2, -0.15) is 13.2 Å². The minimum absolute atomic E-state index is 0.0404. The molecule has 0 saturated carbocycles. The van der Waals surface area contributed by atoms with Gasteiger partial charge in [-0.3, -0.25) is 24.4 Å². The van der Waals surface area contributed by atoms with Crippen LogP contribution in [0.3, 0.4) is 0 Å². The lowest BCUT2D eigenvalue weighted by molar-refractivity contribution is -0.137. The van der Waals surface area contributed by atoms with Crippen molar-refractivity contribution in [1.82, 2.24) is 19.9 Å². The molecule has 3 N–H and O–H groups in total. The number of carbonyl (C=O) groups excluding carboxylic acids is 2. The van der Waals surface area contributed by atoms with E-state index in [-0.39, 0.29) is 5.56 Å². The van der Waals surface area contributed by atoms with E-state index in [0.29, 0.717) is 23.9 Å². The third-order valence-electron chi connectivity index (χ3n) is 7.54. The molecule has 254 valence electrons. The predicted molar refractivity (Wildman–Crippen MR) is 180 cm³/mol. The van der Waals surface area contributed by atoms with Crippen molar-refractivity contribution in [3.05, 3.63) is 95.1 Å². The molecule has 11 nitrogen and oxygen atoms in total. The molecule has 3 heterocycles. The van der Waals surface area contributed by atoms with Gasteiger partial charge in [0.05, 0.1) is 30.2 Å². The van der Waals surface area contributed by atoms with Crippen LogP contribution in [0.5, 0.6) is 0 Å². The first-order valence-electron chi connectivity index (χ1n) is 15.3. The second-order valence-corrected chi connectivity index (χ2v) is 11.0. The number of benzene rings is 2. The number of halogens is 3. The number of morpholine rings is 1. The van der Waals surface area contributed by atoms with Gasteiger partial charge in [0, 0.05) is 61.9 Å². The van der Waals surface area contributed by atoms with E-state index in [2.05, 4.69) is 35.8 Å². The Hall–Kier alpha value is -5.08. The third kappa shape index (κ3) is 10.2. The number of alkyl halides is 3. The van der Waals surface area contributed by atoms with Gasteiger partial charge in [0.2, 0.25) is 6.41 Å². The van der Waals surface area contributed by atoms with Crippen LogP contribution in [0.15, 0.2) is 67.0 Å². The quantitative estimate of drug-likeness (QED) is 0.180. The first-order valence-corrected chi connectivity index (χ1v) is 15.3. The summed E-state index contributed by atoms with van der Waals surface area (Å²) < 4.78 is 43.3. The number of pyridine rings is 1. The summed E-state index contributed by atoms with van der Waals surface area (Å²) in [6.45, 7) is 10.4. The highest BCUT2D eigenvalue weighted by Crippen LogP contribution is 2.30. The number of hydrogen-bond acceptors (Lipinski definition) is 9. The van der Waals surface area contributed by atoms with Gasteiger partial charge in [-0.05, 0) is 68.8 Å². The Morgan fingerprint density at radius 3 is 2.46 bits per heavy atom. The van der Waals surface area contributed by atoms with Crippen molar-refractivity contribution in [1.29, 1.82) is 0 Å². The third-order valence-corrected chi connectivity index (χ3v) is 7.54. The Labute approximate surface area is 277 Å². The van der Waals surface area contributed by atoms with Crippen LogP contribution in [0.1, 0.15) is 32.9 Å². The largest absolute Gasteiger partial charge is 0.416 e. The molecule has 0 radical (unpaired) electrons. The van der Waals surface area contributed by atoms with Gasteiger partial charge in [0.15, 0.2) is 0 Å². The van der Waals surface area contributed by atoms with Crippen LogP contribution in [0.2, 0.25) is 0 Å². The zero-order valence-electron chi connectivity index (χ0n) is 27.3. The number of nitrogens with one attached hydrogen (secondary N) is 3. The maximum Gasteiger partial charge on any atom is 0.416 e. The lowest BCUT2D eigenvalue weighted by Crippen LogP contribution is -2.41. The number of aryl methyl sites for hydroxylation is 3. The van der Waals surface area contributed by atoms with Crippen molar-refractivity contribution < 1.29 is 27.5 Å². The monoisotopic (exact) mass is 664 g/mol. The summed E-state index contributed by atoms with van der Waals surface area (Å²) in [4.78, 5) is 40.4. The summed E-state index contributed by atoms with van der Waals surface area (Å²) >= 11 is 0. The average Bonchev–Trinajstić information content (AvgIpc) is 3.08. The van der Waals surface area contributed by atoms with Crippen LogP contribution in [-0.4, -0.2) is 78.6 Å². The number of rotatable bonds is 10. The standard InChI is InChI=1S/C18H24N6O2.C16H15F3N2O/c1-14-3-4-16(15(2)21-14)22-17-11-18(20-12-19-17)24(13-25)6-5-23-7-9-26-10-8-23;1-10-6-7-13(9-14(10)20-2)21-15(22)11-4-3-5-12(8-11)16(17,18)19/h3-4,11-13H,5-10H2,1-2H3,(H,19,20,22);3-9,20H,1-2H3,(H,21,22). The number of carbonyl (C=O) groups is 2. The van der Waals surface area contributed by atoms with E-state index in [4.69, 9.17) is 4.74 Å². The topological polar surface area (TPSA) is 125 Å². The molecule has 14 heteroatoms. The van der Waals surface area contributed by atoms with Crippen LogP contribution in [0, 0.1) is 20.8 Å². The van der Waals surface area contributed by atoms with Crippen LogP contribution in [0.25, 0.3) is 0 Å². The molecule has 2 aromatic heterocycles. The first kappa shape index (κ1) is 35.8. The number of aromatic nitrogens is 3. The summed E-state index contributed by atoms with van der Waals surface area (Å²) in [6.07, 6.45) is -2.20. The van der Waals surface area contributed by atoms with Gasteiger partial charge in [-0.25, -0.2) is 9.97 Å². The summed E-state index contributed by atoms with van der Waals surface area (Å²) in [5.74, 6) is 0.613. The van der Waals surface area contributed by atoms with Crippen LogP contribution in [-0.2, 0) is 15.7 Å². The second kappa shape index (κ2) is 16.7. The van der Waals surface area contributed by atoms with Gasteiger partial charge < -0.3 is 20.7 Å². The number of anilines is 5. The Balaban J connectivity index is 0.000000220. The highest BCUT2D eigenvalue weighted by molar-refractivity contribution is 6.04. The highest BCUT2D eigenvalue weighted by atomic mass is 19.4. The molecule has 1 aliphatic rings. The summed E-state index contributed by atoms with van der Waals surface area (Å²) in [7, 11) is 1.75. The molecule has 48 heavy (non-hydrogen) atoms. The minimum Gasteiger partial charge on any atom is -0.388 e. The van der Waals surface area contributed by atoms with Crippen molar-refractivity contribution >= 4 is 41.0 Å². The molecule has 0 bridgehead atoms. The fraction of sp³-hybridized carbons (Fsp3) is 0.324. The van der Waals surface area contributed by atoms with Crippen molar-refractivity contribution in [2.45, 2.75) is 26.9 Å². The highest BCUT2D eigenvalue weighted by Gasteiger charge is 2.31. The number of ether oxygens (including phenoxy) is 1. The molecule has 2 aromatic carbocycles. The van der Waals surface area contributed by atoms with Crippen molar-refractivity contribution in [3.63, 3.8) is 0 Å². The van der Waals surface area contributed by atoms with E-state index in [1.165, 1.54) is 18.5 Å². The van der Waals surface area contributed by atoms with Crippen LogP contribution in [0.4, 0.5) is 41.9 Å². The summed E-state index contributed by atoms with van der Waals surface area (Å²) in [5, 5.41) is 8.81. The molecule has 1 saturated heterocycles. The minimum atomic E-state index is -4.47. The molecule has 5 rings (SSSR count). The maximum absolute atomic E-state index is 12.7. The number of amides is 2. The smallest absolute Gasteiger partial charge is 0.388 e. The second-order valence-electron chi connectivity index (χ2n) is 11.0.